The minimum atomic E-state index is -0.362. The van der Waals surface area contributed by atoms with Gasteiger partial charge in [0.2, 0.25) is 0 Å². The largest absolute Gasteiger partial charge is 0.494 e. The summed E-state index contributed by atoms with van der Waals surface area (Å²) in [5.41, 5.74) is 1.80. The molecule has 0 aliphatic heterocycles. The molecule has 0 N–H and O–H groups in total. The molecule has 0 saturated carbocycles. The van der Waals surface area contributed by atoms with Crippen molar-refractivity contribution < 1.29 is 14.3 Å². The van der Waals surface area contributed by atoms with E-state index in [-0.39, 0.29) is 11.4 Å². The van der Waals surface area contributed by atoms with Crippen molar-refractivity contribution in [3.05, 3.63) is 59.7 Å². The van der Waals surface area contributed by atoms with Crippen molar-refractivity contribution in [2.24, 2.45) is 0 Å². The summed E-state index contributed by atoms with van der Waals surface area (Å²) in [6.07, 6.45) is 2.12. The van der Waals surface area contributed by atoms with Crippen molar-refractivity contribution in [3.8, 4) is 11.5 Å². The summed E-state index contributed by atoms with van der Waals surface area (Å²) in [7, 11) is 0. The summed E-state index contributed by atoms with van der Waals surface area (Å²) in [6.45, 7) is 9.27. The molecular formula is C21H26O3. The van der Waals surface area contributed by atoms with Crippen LogP contribution in [-0.4, -0.2) is 12.6 Å². The molecule has 0 aliphatic rings. The van der Waals surface area contributed by atoms with Crippen LogP contribution in [0.4, 0.5) is 0 Å². The predicted octanol–water partition coefficient (Wildman–Crippen LogP) is 5.38. The molecule has 128 valence electrons. The van der Waals surface area contributed by atoms with Crippen molar-refractivity contribution in [2.75, 3.05) is 6.61 Å². The maximum absolute atomic E-state index is 12.2. The Kier molecular flexibility index (Phi) is 6.02. The highest BCUT2D eigenvalue weighted by Gasteiger charge is 2.14. The van der Waals surface area contributed by atoms with Crippen molar-refractivity contribution in [3.63, 3.8) is 0 Å². The van der Waals surface area contributed by atoms with E-state index in [1.165, 1.54) is 5.56 Å². The Bertz CT molecular complexity index is 649. The SMILES string of the molecule is CCCCOc1ccc(C(=O)Oc2ccc(C(C)(C)C)cc2)cc1. The van der Waals surface area contributed by atoms with Gasteiger partial charge in [-0.2, -0.15) is 0 Å². The lowest BCUT2D eigenvalue weighted by molar-refractivity contribution is 0.0734. The van der Waals surface area contributed by atoms with Crippen molar-refractivity contribution in [2.45, 2.75) is 46.0 Å². The zero-order chi connectivity index (χ0) is 17.6. The first-order chi connectivity index (χ1) is 11.4. The Morgan fingerprint density at radius 3 is 2.04 bits per heavy atom. The number of benzene rings is 2. The van der Waals surface area contributed by atoms with Gasteiger partial charge in [0, 0.05) is 0 Å². The average molecular weight is 326 g/mol. The molecule has 24 heavy (non-hydrogen) atoms. The van der Waals surface area contributed by atoms with Gasteiger partial charge in [-0.3, -0.25) is 0 Å². The molecule has 0 spiro atoms. The van der Waals surface area contributed by atoms with Crippen molar-refractivity contribution in [1.82, 2.24) is 0 Å². The Morgan fingerprint density at radius 1 is 0.917 bits per heavy atom. The van der Waals surface area contributed by atoms with Crippen LogP contribution >= 0.6 is 0 Å². The van der Waals surface area contributed by atoms with Gasteiger partial charge in [-0.1, -0.05) is 46.2 Å². The van der Waals surface area contributed by atoms with E-state index < -0.39 is 0 Å². The van der Waals surface area contributed by atoms with E-state index in [0.29, 0.717) is 17.9 Å². The number of hydrogen-bond donors (Lipinski definition) is 0. The fourth-order valence-electron chi connectivity index (χ4n) is 2.21. The Labute approximate surface area is 144 Å². The van der Waals surface area contributed by atoms with E-state index >= 15 is 0 Å². The quantitative estimate of drug-likeness (QED) is 0.406. The lowest BCUT2D eigenvalue weighted by atomic mass is 9.87. The molecule has 0 fully saturated rings. The van der Waals surface area contributed by atoms with E-state index in [0.717, 1.165) is 18.6 Å². The molecule has 0 heterocycles. The molecule has 2 aromatic rings. The van der Waals surface area contributed by atoms with Crippen LogP contribution in [0.15, 0.2) is 48.5 Å². The van der Waals surface area contributed by atoms with Gasteiger partial charge in [0.1, 0.15) is 11.5 Å². The summed E-state index contributed by atoms with van der Waals surface area (Å²) in [5, 5.41) is 0. The molecule has 0 atom stereocenters. The fourth-order valence-corrected chi connectivity index (χ4v) is 2.21. The highest BCUT2D eigenvalue weighted by molar-refractivity contribution is 5.91. The lowest BCUT2D eigenvalue weighted by Crippen LogP contribution is -2.11. The van der Waals surface area contributed by atoms with Crippen molar-refractivity contribution in [1.29, 1.82) is 0 Å². The summed E-state index contributed by atoms with van der Waals surface area (Å²) < 4.78 is 11.0. The topological polar surface area (TPSA) is 35.5 Å². The Balaban J connectivity index is 1.96. The molecule has 3 heteroatoms. The van der Waals surface area contributed by atoms with Crippen LogP contribution < -0.4 is 9.47 Å². The first kappa shape index (κ1) is 18.1. The smallest absolute Gasteiger partial charge is 0.343 e. The second-order valence-corrected chi connectivity index (χ2v) is 6.89. The number of rotatable bonds is 6. The molecule has 0 saturated heterocycles. The molecule has 0 amide bonds. The molecule has 3 nitrogen and oxygen atoms in total. The highest BCUT2D eigenvalue weighted by Crippen LogP contribution is 2.24. The van der Waals surface area contributed by atoms with Gasteiger partial charge in [0.05, 0.1) is 12.2 Å². The number of carbonyl (C=O) groups excluding carboxylic acids is 1. The molecule has 0 aromatic heterocycles. The number of hydrogen-bond acceptors (Lipinski definition) is 3. The normalized spacial score (nSPS) is 11.2. The number of esters is 1. The molecule has 0 radical (unpaired) electrons. The first-order valence-corrected chi connectivity index (χ1v) is 8.46. The third-order valence-corrected chi connectivity index (χ3v) is 3.79. The maximum atomic E-state index is 12.2. The van der Waals surface area contributed by atoms with Crippen LogP contribution in [0.1, 0.15) is 56.5 Å². The number of unbranched alkanes of at least 4 members (excludes halogenated alkanes) is 1. The monoisotopic (exact) mass is 326 g/mol. The maximum Gasteiger partial charge on any atom is 0.343 e. The fraction of sp³-hybridized carbons (Fsp3) is 0.381. The van der Waals surface area contributed by atoms with E-state index in [4.69, 9.17) is 9.47 Å². The Hall–Kier alpha value is -2.29. The van der Waals surface area contributed by atoms with Crippen LogP contribution in [0, 0.1) is 0 Å². The first-order valence-electron chi connectivity index (χ1n) is 8.46. The second kappa shape index (κ2) is 8.00. The van der Waals surface area contributed by atoms with Crippen LogP contribution in [0.3, 0.4) is 0 Å². The molecule has 0 bridgehead atoms. The Morgan fingerprint density at radius 2 is 1.50 bits per heavy atom. The van der Waals surface area contributed by atoms with Gasteiger partial charge in [-0.05, 0) is 53.8 Å². The highest BCUT2D eigenvalue weighted by atomic mass is 16.5. The molecule has 2 rings (SSSR count). The van der Waals surface area contributed by atoms with Gasteiger partial charge in [-0.15, -0.1) is 0 Å². The van der Waals surface area contributed by atoms with E-state index in [9.17, 15) is 4.79 Å². The third kappa shape index (κ3) is 5.12. The van der Waals surface area contributed by atoms with E-state index in [1.807, 2.05) is 24.3 Å². The van der Waals surface area contributed by atoms with Gasteiger partial charge in [0.15, 0.2) is 0 Å². The summed E-state index contributed by atoms with van der Waals surface area (Å²) in [6, 6.07) is 14.7. The minimum Gasteiger partial charge on any atom is -0.494 e. The van der Waals surface area contributed by atoms with Crippen LogP contribution in [0.25, 0.3) is 0 Å². The van der Waals surface area contributed by atoms with E-state index in [1.54, 1.807) is 24.3 Å². The summed E-state index contributed by atoms with van der Waals surface area (Å²) in [4.78, 5) is 12.2. The van der Waals surface area contributed by atoms with Gasteiger partial charge in [0.25, 0.3) is 0 Å². The molecule has 2 aromatic carbocycles. The molecule has 0 unspecified atom stereocenters. The standard InChI is InChI=1S/C21H26O3/c1-5-6-15-23-18-11-7-16(8-12-18)20(22)24-19-13-9-17(10-14-19)21(2,3)4/h7-14H,5-6,15H2,1-4H3. The molecule has 0 aliphatic carbocycles. The van der Waals surface area contributed by atoms with Crippen LogP contribution in [0.2, 0.25) is 0 Å². The summed E-state index contributed by atoms with van der Waals surface area (Å²) >= 11 is 0. The summed E-state index contributed by atoms with van der Waals surface area (Å²) in [5.74, 6) is 0.962. The zero-order valence-corrected chi connectivity index (χ0v) is 15.0. The molecular weight excluding hydrogens is 300 g/mol. The van der Waals surface area contributed by atoms with Crippen LogP contribution in [-0.2, 0) is 5.41 Å². The predicted molar refractivity (Wildman–Crippen MR) is 96.9 cm³/mol. The number of carbonyl (C=O) groups is 1. The van der Waals surface area contributed by atoms with E-state index in [2.05, 4.69) is 27.7 Å². The number of ether oxygens (including phenoxy) is 2. The second-order valence-electron chi connectivity index (χ2n) is 6.89. The minimum absolute atomic E-state index is 0.0795. The average Bonchev–Trinajstić information content (AvgIpc) is 2.55. The van der Waals surface area contributed by atoms with Crippen molar-refractivity contribution >= 4 is 5.97 Å². The zero-order valence-electron chi connectivity index (χ0n) is 15.0. The lowest BCUT2D eigenvalue weighted by Gasteiger charge is -2.19. The van der Waals surface area contributed by atoms with Gasteiger partial charge < -0.3 is 9.47 Å². The van der Waals surface area contributed by atoms with Gasteiger partial charge in [-0.25, -0.2) is 4.79 Å². The van der Waals surface area contributed by atoms with Gasteiger partial charge >= 0.3 is 5.97 Å². The van der Waals surface area contributed by atoms with Crippen LogP contribution in [0.5, 0.6) is 11.5 Å². The third-order valence-electron chi connectivity index (χ3n) is 3.79.